The number of hydrogen-bond acceptors (Lipinski definition) is 6. The number of aromatic amines is 1. The first-order chi connectivity index (χ1) is 14.8. The lowest BCUT2D eigenvalue weighted by molar-refractivity contribution is 0.0303. The van der Waals surface area contributed by atoms with Gasteiger partial charge in [0.25, 0.3) is 5.91 Å². The number of benzene rings is 2. The fourth-order valence-electron chi connectivity index (χ4n) is 3.45. The molecule has 8 nitrogen and oxygen atoms in total. The number of nitrogens with one attached hydrogen (secondary N) is 2. The smallest absolute Gasteiger partial charge is 0.254 e. The van der Waals surface area contributed by atoms with Crippen LogP contribution in [0.2, 0.25) is 0 Å². The van der Waals surface area contributed by atoms with Gasteiger partial charge < -0.3 is 15.0 Å². The molecule has 0 saturated carbocycles. The van der Waals surface area contributed by atoms with E-state index in [9.17, 15) is 4.79 Å². The molecule has 1 saturated heterocycles. The largest absolute Gasteiger partial charge is 0.378 e. The fraction of sp³-hybridized carbons (Fsp3) is 0.182. The Kier molecular flexibility index (Phi) is 4.82. The molecule has 0 radical (unpaired) electrons. The fourth-order valence-corrected chi connectivity index (χ4v) is 3.45. The minimum absolute atomic E-state index is 0.0265. The minimum atomic E-state index is 0.0265. The Morgan fingerprint density at radius 3 is 2.63 bits per heavy atom. The van der Waals surface area contributed by atoms with Gasteiger partial charge >= 0.3 is 0 Å². The summed E-state index contributed by atoms with van der Waals surface area (Å²) in [4.78, 5) is 23.4. The van der Waals surface area contributed by atoms with Crippen molar-refractivity contribution in [3.05, 3.63) is 66.6 Å². The van der Waals surface area contributed by atoms with Crippen molar-refractivity contribution in [1.82, 2.24) is 25.1 Å². The predicted molar refractivity (Wildman–Crippen MR) is 114 cm³/mol. The van der Waals surface area contributed by atoms with E-state index in [1.54, 1.807) is 12.4 Å². The number of rotatable bonds is 4. The lowest BCUT2D eigenvalue weighted by atomic mass is 10.1. The first-order valence-corrected chi connectivity index (χ1v) is 9.76. The maximum atomic E-state index is 12.6. The van der Waals surface area contributed by atoms with Gasteiger partial charge in [-0.05, 0) is 35.9 Å². The van der Waals surface area contributed by atoms with Crippen LogP contribution in [-0.2, 0) is 4.74 Å². The van der Waals surface area contributed by atoms with Crippen LogP contribution in [0.5, 0.6) is 0 Å². The second-order valence-electron chi connectivity index (χ2n) is 7.06. The molecular formula is C22H20N6O2. The van der Waals surface area contributed by atoms with Crippen LogP contribution in [0, 0.1) is 0 Å². The summed E-state index contributed by atoms with van der Waals surface area (Å²) in [6.07, 6.45) is 5.42. The van der Waals surface area contributed by atoms with Crippen LogP contribution in [0.15, 0.2) is 61.1 Å². The zero-order valence-corrected chi connectivity index (χ0v) is 16.2. The van der Waals surface area contributed by atoms with E-state index in [0.29, 0.717) is 37.8 Å². The molecule has 0 spiro atoms. The van der Waals surface area contributed by atoms with E-state index in [-0.39, 0.29) is 5.91 Å². The molecule has 4 aromatic rings. The Labute approximate surface area is 172 Å². The number of ether oxygens (including phenoxy) is 1. The van der Waals surface area contributed by atoms with Crippen molar-refractivity contribution in [2.45, 2.75) is 0 Å². The lowest BCUT2D eigenvalue weighted by Crippen LogP contribution is -2.40. The first-order valence-electron chi connectivity index (χ1n) is 9.76. The Hall–Kier alpha value is -3.78. The number of aromatic nitrogens is 4. The molecule has 0 aliphatic carbocycles. The molecule has 0 bridgehead atoms. The third-order valence-corrected chi connectivity index (χ3v) is 5.10. The average Bonchev–Trinajstić information content (AvgIpc) is 3.34. The quantitative estimate of drug-likeness (QED) is 0.546. The highest BCUT2D eigenvalue weighted by atomic mass is 16.5. The molecule has 2 aromatic heterocycles. The molecule has 1 fully saturated rings. The van der Waals surface area contributed by atoms with Gasteiger partial charge in [-0.2, -0.15) is 5.10 Å². The van der Waals surface area contributed by atoms with E-state index < -0.39 is 0 Å². The monoisotopic (exact) mass is 400 g/mol. The second-order valence-corrected chi connectivity index (χ2v) is 7.06. The third-order valence-electron chi connectivity index (χ3n) is 5.10. The number of nitrogens with zero attached hydrogens (tertiary/aromatic N) is 4. The number of H-pyrrole nitrogens is 1. The van der Waals surface area contributed by atoms with Crippen LogP contribution >= 0.6 is 0 Å². The van der Waals surface area contributed by atoms with E-state index in [1.807, 2.05) is 53.6 Å². The molecule has 0 atom stereocenters. The molecular weight excluding hydrogens is 380 g/mol. The van der Waals surface area contributed by atoms with Crippen LogP contribution < -0.4 is 5.32 Å². The minimum Gasteiger partial charge on any atom is -0.378 e. The molecule has 3 heterocycles. The molecule has 2 N–H and O–H groups in total. The summed E-state index contributed by atoms with van der Waals surface area (Å²) >= 11 is 0. The normalized spacial score (nSPS) is 14.1. The van der Waals surface area contributed by atoms with Gasteiger partial charge in [-0.15, -0.1) is 0 Å². The molecule has 2 aromatic carbocycles. The van der Waals surface area contributed by atoms with Crippen molar-refractivity contribution < 1.29 is 9.53 Å². The highest BCUT2D eigenvalue weighted by Gasteiger charge is 2.18. The molecule has 30 heavy (non-hydrogen) atoms. The molecule has 8 heteroatoms. The SMILES string of the molecule is O=C(c1ccc(Nc2ncc3ccc(-c4cn[nH]c4)cc3n2)cc1)N1CCOCC1. The van der Waals surface area contributed by atoms with Crippen LogP contribution in [0.1, 0.15) is 10.4 Å². The molecule has 1 aliphatic rings. The number of anilines is 2. The van der Waals surface area contributed by atoms with Gasteiger partial charge in [0.1, 0.15) is 0 Å². The average molecular weight is 400 g/mol. The standard InChI is InChI=1S/C22H20N6O2/c29-21(28-7-9-30-10-8-28)15-3-5-19(6-4-15)26-22-23-12-17-2-1-16(11-20(17)27-22)18-13-24-25-14-18/h1-6,11-14H,7-10H2,(H,24,25)(H,23,26,27). The lowest BCUT2D eigenvalue weighted by Gasteiger charge is -2.26. The van der Waals surface area contributed by atoms with Crippen molar-refractivity contribution >= 4 is 28.4 Å². The number of carbonyl (C=O) groups is 1. The summed E-state index contributed by atoms with van der Waals surface area (Å²) in [5.74, 6) is 0.526. The number of carbonyl (C=O) groups excluding carboxylic acids is 1. The molecule has 0 unspecified atom stereocenters. The predicted octanol–water partition coefficient (Wildman–Crippen LogP) is 3.24. The molecule has 150 valence electrons. The number of morpholine rings is 1. The van der Waals surface area contributed by atoms with Crippen LogP contribution in [-0.4, -0.2) is 57.3 Å². The summed E-state index contributed by atoms with van der Waals surface area (Å²) in [7, 11) is 0. The van der Waals surface area contributed by atoms with Crippen molar-refractivity contribution in [1.29, 1.82) is 0 Å². The Balaban J connectivity index is 1.34. The van der Waals surface area contributed by atoms with Gasteiger partial charge in [-0.1, -0.05) is 12.1 Å². The topological polar surface area (TPSA) is 96.0 Å². The van der Waals surface area contributed by atoms with Gasteiger partial charge in [-0.3, -0.25) is 9.89 Å². The maximum Gasteiger partial charge on any atom is 0.254 e. The van der Waals surface area contributed by atoms with Gasteiger partial charge in [0.2, 0.25) is 5.95 Å². The Bertz CT molecular complexity index is 1170. The molecule has 1 aliphatic heterocycles. The number of hydrogen-bond donors (Lipinski definition) is 2. The first kappa shape index (κ1) is 18.3. The van der Waals surface area contributed by atoms with E-state index >= 15 is 0 Å². The van der Waals surface area contributed by atoms with Gasteiger partial charge in [-0.25, -0.2) is 9.97 Å². The van der Waals surface area contributed by atoms with Crippen LogP contribution in [0.4, 0.5) is 11.6 Å². The van der Waals surface area contributed by atoms with E-state index in [1.165, 1.54) is 0 Å². The summed E-state index contributed by atoms with van der Waals surface area (Å²) < 4.78 is 5.31. The van der Waals surface area contributed by atoms with Gasteiger partial charge in [0.15, 0.2) is 0 Å². The summed E-state index contributed by atoms with van der Waals surface area (Å²) in [5.41, 5.74) is 4.35. The van der Waals surface area contributed by atoms with E-state index in [2.05, 4.69) is 25.5 Å². The van der Waals surface area contributed by atoms with Crippen molar-refractivity contribution in [2.24, 2.45) is 0 Å². The zero-order chi connectivity index (χ0) is 20.3. The van der Waals surface area contributed by atoms with E-state index in [0.717, 1.165) is 27.7 Å². The van der Waals surface area contributed by atoms with Crippen LogP contribution in [0.3, 0.4) is 0 Å². The Morgan fingerprint density at radius 2 is 1.87 bits per heavy atom. The zero-order valence-electron chi connectivity index (χ0n) is 16.2. The van der Waals surface area contributed by atoms with Crippen molar-refractivity contribution in [2.75, 3.05) is 31.6 Å². The van der Waals surface area contributed by atoms with E-state index in [4.69, 9.17) is 4.74 Å². The Morgan fingerprint density at radius 1 is 1.03 bits per heavy atom. The highest BCUT2D eigenvalue weighted by Crippen LogP contribution is 2.24. The third kappa shape index (κ3) is 3.72. The van der Waals surface area contributed by atoms with Gasteiger partial charge in [0, 0.05) is 47.7 Å². The summed E-state index contributed by atoms with van der Waals surface area (Å²) in [5, 5.41) is 11.0. The maximum absolute atomic E-state index is 12.6. The molecule has 5 rings (SSSR count). The number of fused-ring (bicyclic) bond motifs is 1. The summed E-state index contributed by atoms with van der Waals surface area (Å²) in [6, 6.07) is 13.4. The van der Waals surface area contributed by atoms with Gasteiger partial charge in [0.05, 0.1) is 24.9 Å². The van der Waals surface area contributed by atoms with Crippen molar-refractivity contribution in [3.63, 3.8) is 0 Å². The van der Waals surface area contributed by atoms with Crippen LogP contribution in [0.25, 0.3) is 22.0 Å². The highest BCUT2D eigenvalue weighted by molar-refractivity contribution is 5.94. The van der Waals surface area contributed by atoms with Crippen molar-refractivity contribution in [3.8, 4) is 11.1 Å². The number of amides is 1. The summed E-state index contributed by atoms with van der Waals surface area (Å²) in [6.45, 7) is 2.44. The second kappa shape index (κ2) is 7.92. The molecule has 1 amide bonds.